The molecule has 1 amide bonds. The maximum atomic E-state index is 10.9. The van der Waals surface area contributed by atoms with Crippen LogP contribution in [0.1, 0.15) is 18.9 Å². The Morgan fingerprint density at radius 1 is 1.00 bits per heavy atom. The van der Waals surface area contributed by atoms with Crippen LogP contribution >= 0.6 is 0 Å². The van der Waals surface area contributed by atoms with Crippen molar-refractivity contribution in [2.75, 3.05) is 6.54 Å². The van der Waals surface area contributed by atoms with Crippen LogP contribution in [0.25, 0.3) is 27.6 Å². The van der Waals surface area contributed by atoms with Crippen molar-refractivity contribution in [1.29, 1.82) is 0 Å². The quantitative estimate of drug-likeness (QED) is 0.555. The van der Waals surface area contributed by atoms with Gasteiger partial charge in [0, 0.05) is 13.5 Å². The molecule has 0 saturated heterocycles. The molecule has 110 valence electrons. The molecule has 0 aromatic heterocycles. The highest BCUT2D eigenvalue weighted by Gasteiger charge is 2.03. The molecule has 2 heteroatoms. The Hall–Kier alpha value is -2.61. The minimum absolute atomic E-state index is 0.0181. The highest BCUT2D eigenvalue weighted by Crippen LogP contribution is 2.29. The van der Waals surface area contributed by atoms with Gasteiger partial charge in [-0.15, -0.1) is 0 Å². The number of hydrogen-bond acceptors (Lipinski definition) is 1. The minimum atomic E-state index is 0.0181. The Labute approximate surface area is 130 Å². The van der Waals surface area contributed by atoms with Crippen molar-refractivity contribution >= 4 is 33.5 Å². The summed E-state index contributed by atoms with van der Waals surface area (Å²) in [7, 11) is 0. The molecule has 2 nitrogen and oxygen atoms in total. The first-order chi connectivity index (χ1) is 10.8. The topological polar surface area (TPSA) is 29.1 Å². The van der Waals surface area contributed by atoms with E-state index in [1.54, 1.807) is 6.92 Å². The fourth-order valence-corrected chi connectivity index (χ4v) is 2.76. The zero-order valence-electron chi connectivity index (χ0n) is 12.7. The largest absolute Gasteiger partial charge is 0.356 e. The zero-order chi connectivity index (χ0) is 15.4. The summed E-state index contributed by atoms with van der Waals surface area (Å²) in [5.41, 5.74) is 1.22. The van der Waals surface area contributed by atoms with Crippen LogP contribution in [0.3, 0.4) is 0 Å². The van der Waals surface area contributed by atoms with E-state index in [1.165, 1.54) is 27.1 Å². The van der Waals surface area contributed by atoms with E-state index >= 15 is 0 Å². The molecule has 0 radical (unpaired) electrons. The molecule has 3 aromatic carbocycles. The Bertz CT molecular complexity index is 849. The second-order valence-corrected chi connectivity index (χ2v) is 5.41. The molecule has 1 N–H and O–H groups in total. The normalized spacial score (nSPS) is 11.3. The van der Waals surface area contributed by atoms with E-state index in [1.807, 2.05) is 0 Å². The van der Waals surface area contributed by atoms with Gasteiger partial charge in [-0.1, -0.05) is 60.7 Å². The summed E-state index contributed by atoms with van der Waals surface area (Å²) in [6.45, 7) is 2.22. The van der Waals surface area contributed by atoms with Crippen LogP contribution in [0.5, 0.6) is 0 Å². The molecule has 0 atom stereocenters. The Kier molecular flexibility index (Phi) is 4.19. The molecule has 0 aliphatic rings. The molecular formula is C20H19NO. The molecule has 0 saturated carbocycles. The lowest BCUT2D eigenvalue weighted by molar-refractivity contribution is -0.118. The maximum absolute atomic E-state index is 10.9. The monoisotopic (exact) mass is 289 g/mol. The first kappa shape index (κ1) is 14.3. The lowest BCUT2D eigenvalue weighted by Gasteiger charge is -2.07. The second-order valence-electron chi connectivity index (χ2n) is 5.41. The van der Waals surface area contributed by atoms with E-state index in [9.17, 15) is 4.79 Å². The third-order valence-electron chi connectivity index (χ3n) is 3.78. The van der Waals surface area contributed by atoms with Crippen LogP contribution in [0.4, 0.5) is 0 Å². The first-order valence-electron chi connectivity index (χ1n) is 7.57. The molecule has 22 heavy (non-hydrogen) atoms. The number of carbonyl (C=O) groups excluding carboxylic acids is 1. The lowest BCUT2D eigenvalue weighted by atomic mass is 9.97. The van der Waals surface area contributed by atoms with E-state index in [0.717, 1.165) is 6.42 Å². The average molecular weight is 289 g/mol. The molecule has 0 heterocycles. The van der Waals surface area contributed by atoms with Gasteiger partial charge in [-0.25, -0.2) is 0 Å². The first-order valence-corrected chi connectivity index (χ1v) is 7.57. The molecule has 0 bridgehead atoms. The van der Waals surface area contributed by atoms with Crippen LogP contribution in [0.2, 0.25) is 0 Å². The van der Waals surface area contributed by atoms with Crippen LogP contribution in [0, 0.1) is 0 Å². The summed E-state index contributed by atoms with van der Waals surface area (Å²) in [4.78, 5) is 10.9. The Morgan fingerprint density at radius 3 is 2.45 bits per heavy atom. The van der Waals surface area contributed by atoms with Gasteiger partial charge in [0.15, 0.2) is 0 Å². The number of amides is 1. The third kappa shape index (κ3) is 3.01. The third-order valence-corrected chi connectivity index (χ3v) is 3.78. The van der Waals surface area contributed by atoms with Gasteiger partial charge < -0.3 is 5.32 Å². The van der Waals surface area contributed by atoms with Crippen LogP contribution in [0.15, 0.2) is 60.7 Å². The Balaban J connectivity index is 1.97. The number of carbonyl (C=O) groups is 1. The van der Waals surface area contributed by atoms with Crippen molar-refractivity contribution in [1.82, 2.24) is 5.32 Å². The molecule has 3 rings (SSSR count). The predicted molar refractivity (Wildman–Crippen MR) is 93.8 cm³/mol. The molecule has 0 spiro atoms. The second kappa shape index (κ2) is 6.44. The van der Waals surface area contributed by atoms with E-state index in [2.05, 4.69) is 72.1 Å². The fourth-order valence-electron chi connectivity index (χ4n) is 2.76. The van der Waals surface area contributed by atoms with Crippen LogP contribution in [-0.4, -0.2) is 12.5 Å². The van der Waals surface area contributed by atoms with E-state index < -0.39 is 0 Å². The number of hydrogen-bond donors (Lipinski definition) is 1. The maximum Gasteiger partial charge on any atom is 0.216 e. The average Bonchev–Trinajstić information content (AvgIpc) is 2.54. The SMILES string of the molecule is CC(=O)NCCC=Cc1cc2ccccc2c2ccccc12. The predicted octanol–water partition coefficient (Wildman–Crippen LogP) is 4.53. The molecule has 0 unspecified atom stereocenters. The summed E-state index contributed by atoms with van der Waals surface area (Å²) < 4.78 is 0. The summed E-state index contributed by atoms with van der Waals surface area (Å²) >= 11 is 0. The van der Waals surface area contributed by atoms with Crippen molar-refractivity contribution < 1.29 is 4.79 Å². The summed E-state index contributed by atoms with van der Waals surface area (Å²) in [5.74, 6) is 0.0181. The summed E-state index contributed by atoms with van der Waals surface area (Å²) in [5, 5.41) is 7.89. The van der Waals surface area contributed by atoms with Gasteiger partial charge in [-0.05, 0) is 39.6 Å². The van der Waals surface area contributed by atoms with Crippen molar-refractivity contribution in [2.45, 2.75) is 13.3 Å². The van der Waals surface area contributed by atoms with E-state index in [0.29, 0.717) is 6.54 Å². The number of benzene rings is 3. The van der Waals surface area contributed by atoms with Gasteiger partial charge in [0.2, 0.25) is 5.91 Å². The van der Waals surface area contributed by atoms with Gasteiger partial charge in [0.25, 0.3) is 0 Å². The van der Waals surface area contributed by atoms with Gasteiger partial charge >= 0.3 is 0 Å². The van der Waals surface area contributed by atoms with Crippen LogP contribution < -0.4 is 5.32 Å². The van der Waals surface area contributed by atoms with E-state index in [4.69, 9.17) is 0 Å². The Morgan fingerprint density at radius 2 is 1.68 bits per heavy atom. The minimum Gasteiger partial charge on any atom is -0.356 e. The fraction of sp³-hybridized carbons (Fsp3) is 0.150. The smallest absolute Gasteiger partial charge is 0.216 e. The molecule has 0 fully saturated rings. The lowest BCUT2D eigenvalue weighted by Crippen LogP contribution is -2.20. The molecule has 3 aromatic rings. The highest BCUT2D eigenvalue weighted by molar-refractivity contribution is 6.10. The summed E-state index contributed by atoms with van der Waals surface area (Å²) in [6.07, 6.45) is 5.10. The van der Waals surface area contributed by atoms with Crippen molar-refractivity contribution in [3.63, 3.8) is 0 Å². The molecule has 0 aliphatic heterocycles. The van der Waals surface area contributed by atoms with E-state index in [-0.39, 0.29) is 5.91 Å². The van der Waals surface area contributed by atoms with Crippen molar-refractivity contribution in [3.05, 3.63) is 66.2 Å². The zero-order valence-corrected chi connectivity index (χ0v) is 12.7. The van der Waals surface area contributed by atoms with Crippen molar-refractivity contribution in [3.8, 4) is 0 Å². The van der Waals surface area contributed by atoms with Gasteiger partial charge in [0.1, 0.15) is 0 Å². The van der Waals surface area contributed by atoms with Crippen molar-refractivity contribution in [2.24, 2.45) is 0 Å². The molecule has 0 aliphatic carbocycles. The summed E-state index contributed by atoms with van der Waals surface area (Å²) in [6, 6.07) is 19.2. The van der Waals surface area contributed by atoms with Gasteiger partial charge in [-0.3, -0.25) is 4.79 Å². The van der Waals surface area contributed by atoms with Gasteiger partial charge in [0.05, 0.1) is 0 Å². The highest BCUT2D eigenvalue weighted by atomic mass is 16.1. The molecular weight excluding hydrogens is 270 g/mol. The number of nitrogens with one attached hydrogen (secondary N) is 1. The number of rotatable bonds is 4. The van der Waals surface area contributed by atoms with Gasteiger partial charge in [-0.2, -0.15) is 0 Å². The standard InChI is InChI=1S/C20H19NO/c1-15(22)21-13-7-6-9-17-14-16-8-2-3-10-18(16)20-12-5-4-11-19(17)20/h2-6,8-12,14H,7,13H2,1H3,(H,21,22). The van der Waals surface area contributed by atoms with Crippen LogP contribution in [-0.2, 0) is 4.79 Å². The number of fused-ring (bicyclic) bond motifs is 3.